The van der Waals surface area contributed by atoms with E-state index in [4.69, 9.17) is 0 Å². The fourth-order valence-electron chi connectivity index (χ4n) is 3.93. The number of nitrogens with one attached hydrogen (secondary N) is 2. The fraction of sp³-hybridized carbons (Fsp3) is 0.455. The number of benzene rings is 1. The van der Waals surface area contributed by atoms with Crippen molar-refractivity contribution in [3.63, 3.8) is 0 Å². The van der Waals surface area contributed by atoms with Gasteiger partial charge in [0, 0.05) is 30.4 Å². The Morgan fingerprint density at radius 3 is 2.75 bits per heavy atom. The summed E-state index contributed by atoms with van der Waals surface area (Å²) in [5.41, 5.74) is 2.60. The maximum atomic E-state index is 12.3. The largest absolute Gasteiger partial charge is 0.353 e. The number of carbonyl (C=O) groups excluding carboxylic acids is 2. The van der Waals surface area contributed by atoms with E-state index in [0.29, 0.717) is 12.5 Å². The van der Waals surface area contributed by atoms with E-state index in [2.05, 4.69) is 46.0 Å². The number of thiophene rings is 1. The highest BCUT2D eigenvalue weighted by Gasteiger charge is 2.39. The second-order valence-electron chi connectivity index (χ2n) is 7.86. The molecule has 4 rings (SSSR count). The molecular weight excluding hydrogens is 370 g/mol. The zero-order valence-electron chi connectivity index (χ0n) is 16.2. The zero-order chi connectivity index (χ0) is 19.5. The standard InChI is InChI=1S/C22H27N3O2S/c1-15-11-18(15)22(27)24-13-21(26)23-12-19(16-5-3-2-4-6-16)25-9-7-20-17(14-25)8-10-28-20/h2-6,8,10,15,18-19H,7,9,11-14H2,1H3,(H,23,26)(H,24,27). The molecule has 3 atom stereocenters. The summed E-state index contributed by atoms with van der Waals surface area (Å²) in [6.07, 6.45) is 1.99. The van der Waals surface area contributed by atoms with Crippen molar-refractivity contribution in [1.82, 2.24) is 15.5 Å². The number of nitrogens with zero attached hydrogens (tertiary/aromatic N) is 1. The van der Waals surface area contributed by atoms with Crippen molar-refractivity contribution in [1.29, 1.82) is 0 Å². The van der Waals surface area contributed by atoms with E-state index < -0.39 is 0 Å². The van der Waals surface area contributed by atoms with Crippen molar-refractivity contribution in [2.45, 2.75) is 32.4 Å². The average molecular weight is 398 g/mol. The predicted octanol–water partition coefficient (Wildman–Crippen LogP) is 2.74. The number of hydrogen-bond donors (Lipinski definition) is 2. The lowest BCUT2D eigenvalue weighted by Crippen LogP contribution is -2.43. The minimum Gasteiger partial charge on any atom is -0.353 e. The van der Waals surface area contributed by atoms with Crippen molar-refractivity contribution >= 4 is 23.2 Å². The Balaban J connectivity index is 1.36. The zero-order valence-corrected chi connectivity index (χ0v) is 17.0. The van der Waals surface area contributed by atoms with Gasteiger partial charge < -0.3 is 10.6 Å². The molecule has 1 fully saturated rings. The molecule has 2 amide bonds. The first-order valence-electron chi connectivity index (χ1n) is 10.0. The van der Waals surface area contributed by atoms with E-state index >= 15 is 0 Å². The van der Waals surface area contributed by atoms with Gasteiger partial charge in [-0.05, 0) is 41.3 Å². The molecule has 3 unspecified atom stereocenters. The molecule has 2 aromatic rings. The molecular formula is C22H27N3O2S. The van der Waals surface area contributed by atoms with Gasteiger partial charge in [-0.3, -0.25) is 14.5 Å². The molecule has 0 spiro atoms. The van der Waals surface area contributed by atoms with Crippen LogP contribution >= 0.6 is 11.3 Å². The van der Waals surface area contributed by atoms with Crippen molar-refractivity contribution in [3.05, 3.63) is 57.8 Å². The molecule has 2 aliphatic rings. The summed E-state index contributed by atoms with van der Waals surface area (Å²) in [5, 5.41) is 7.96. The Morgan fingerprint density at radius 1 is 1.21 bits per heavy atom. The lowest BCUT2D eigenvalue weighted by atomic mass is 10.0. The second kappa shape index (κ2) is 8.45. The third kappa shape index (κ3) is 4.45. The Kier molecular flexibility index (Phi) is 5.78. The number of hydrogen-bond acceptors (Lipinski definition) is 4. The van der Waals surface area contributed by atoms with Crippen LogP contribution in [0.2, 0.25) is 0 Å². The lowest BCUT2D eigenvalue weighted by molar-refractivity contribution is -0.127. The SMILES string of the molecule is CC1CC1C(=O)NCC(=O)NCC(c1ccccc1)N1CCc2sccc2C1. The molecule has 5 nitrogen and oxygen atoms in total. The number of rotatable bonds is 7. The van der Waals surface area contributed by atoms with E-state index in [0.717, 1.165) is 25.9 Å². The number of amides is 2. The highest BCUT2D eigenvalue weighted by atomic mass is 32.1. The normalized spacial score (nSPS) is 22.2. The van der Waals surface area contributed by atoms with E-state index in [-0.39, 0.29) is 30.3 Å². The Bertz CT molecular complexity index is 835. The van der Waals surface area contributed by atoms with Crippen molar-refractivity contribution in [2.24, 2.45) is 11.8 Å². The first-order valence-corrected chi connectivity index (χ1v) is 10.9. The molecule has 148 valence electrons. The van der Waals surface area contributed by atoms with Crippen molar-refractivity contribution in [3.8, 4) is 0 Å². The van der Waals surface area contributed by atoms with E-state index in [1.807, 2.05) is 29.5 Å². The molecule has 28 heavy (non-hydrogen) atoms. The summed E-state index contributed by atoms with van der Waals surface area (Å²) in [6.45, 7) is 4.55. The van der Waals surface area contributed by atoms with Crippen LogP contribution in [-0.4, -0.2) is 36.3 Å². The quantitative estimate of drug-likeness (QED) is 0.755. The molecule has 1 aromatic carbocycles. The summed E-state index contributed by atoms with van der Waals surface area (Å²) in [5.74, 6) is 0.420. The van der Waals surface area contributed by atoms with Crippen LogP contribution in [0.5, 0.6) is 0 Å². The second-order valence-corrected chi connectivity index (χ2v) is 8.86. The third-order valence-corrected chi connectivity index (χ3v) is 6.85. The van der Waals surface area contributed by atoms with Gasteiger partial charge in [0.1, 0.15) is 0 Å². The van der Waals surface area contributed by atoms with Gasteiger partial charge in [0.25, 0.3) is 0 Å². The van der Waals surface area contributed by atoms with Crippen molar-refractivity contribution in [2.75, 3.05) is 19.6 Å². The summed E-state index contributed by atoms with van der Waals surface area (Å²) >= 11 is 1.83. The summed E-state index contributed by atoms with van der Waals surface area (Å²) in [7, 11) is 0. The van der Waals surface area contributed by atoms with Gasteiger partial charge in [-0.25, -0.2) is 0 Å². The molecule has 1 saturated carbocycles. The number of fused-ring (bicyclic) bond motifs is 1. The van der Waals surface area contributed by atoms with Gasteiger partial charge in [-0.15, -0.1) is 11.3 Å². The van der Waals surface area contributed by atoms with Crippen molar-refractivity contribution < 1.29 is 9.59 Å². The molecule has 6 heteroatoms. The highest BCUT2D eigenvalue weighted by Crippen LogP contribution is 2.37. The lowest BCUT2D eigenvalue weighted by Gasteiger charge is -2.35. The molecule has 1 aliphatic carbocycles. The Morgan fingerprint density at radius 2 is 2.00 bits per heavy atom. The van der Waals surface area contributed by atoms with Gasteiger partial charge in [0.05, 0.1) is 12.6 Å². The Labute approximate surface area is 170 Å². The number of carbonyl (C=O) groups is 2. The molecule has 2 heterocycles. The minimum atomic E-state index is -0.129. The van der Waals surface area contributed by atoms with Gasteiger partial charge >= 0.3 is 0 Å². The van der Waals surface area contributed by atoms with Crippen LogP contribution in [0, 0.1) is 11.8 Å². The topological polar surface area (TPSA) is 61.4 Å². The van der Waals surface area contributed by atoms with Gasteiger partial charge in [0.2, 0.25) is 11.8 Å². The summed E-state index contributed by atoms with van der Waals surface area (Å²) in [4.78, 5) is 28.1. The van der Waals surface area contributed by atoms with Gasteiger partial charge in [0.15, 0.2) is 0 Å². The monoisotopic (exact) mass is 397 g/mol. The molecule has 0 bridgehead atoms. The van der Waals surface area contributed by atoms with Gasteiger partial charge in [-0.2, -0.15) is 0 Å². The smallest absolute Gasteiger partial charge is 0.239 e. The van der Waals surface area contributed by atoms with E-state index in [1.165, 1.54) is 16.0 Å². The van der Waals surface area contributed by atoms with Crippen LogP contribution in [0.1, 0.15) is 35.4 Å². The van der Waals surface area contributed by atoms with E-state index in [1.54, 1.807) is 0 Å². The summed E-state index contributed by atoms with van der Waals surface area (Å²) in [6, 6.07) is 12.7. The maximum absolute atomic E-state index is 12.3. The Hall–Kier alpha value is -2.18. The third-order valence-electron chi connectivity index (χ3n) is 5.82. The first-order chi connectivity index (χ1) is 13.6. The predicted molar refractivity (Wildman–Crippen MR) is 111 cm³/mol. The van der Waals surface area contributed by atoms with Crippen LogP contribution in [0.15, 0.2) is 41.8 Å². The molecule has 1 aromatic heterocycles. The van der Waals surface area contributed by atoms with Crippen LogP contribution in [0.25, 0.3) is 0 Å². The van der Waals surface area contributed by atoms with Crippen LogP contribution in [0.4, 0.5) is 0 Å². The molecule has 0 radical (unpaired) electrons. The van der Waals surface area contributed by atoms with Crippen LogP contribution < -0.4 is 10.6 Å². The van der Waals surface area contributed by atoms with E-state index in [9.17, 15) is 9.59 Å². The first kappa shape index (κ1) is 19.2. The minimum absolute atomic E-state index is 0.00303. The molecule has 1 aliphatic heterocycles. The van der Waals surface area contributed by atoms with Gasteiger partial charge in [-0.1, -0.05) is 37.3 Å². The average Bonchev–Trinajstić information content (AvgIpc) is 3.26. The fourth-order valence-corrected chi connectivity index (χ4v) is 4.82. The maximum Gasteiger partial charge on any atom is 0.239 e. The summed E-state index contributed by atoms with van der Waals surface area (Å²) < 4.78 is 0. The van der Waals surface area contributed by atoms with Crippen LogP contribution in [-0.2, 0) is 22.6 Å². The molecule has 0 saturated heterocycles. The van der Waals surface area contributed by atoms with Crippen LogP contribution in [0.3, 0.4) is 0 Å². The molecule has 2 N–H and O–H groups in total. The highest BCUT2D eigenvalue weighted by molar-refractivity contribution is 7.10.